The topological polar surface area (TPSA) is 237 Å². The first kappa shape index (κ1) is 91.1. The largest absolute Gasteiger partial charge is 0.472 e. The molecule has 0 bridgehead atoms. The summed E-state index contributed by atoms with van der Waals surface area (Å²) in [4.78, 5) is 72.4. The summed E-state index contributed by atoms with van der Waals surface area (Å²) in [7, 11) is -9.89. The Bertz CT molecular complexity index is 1770. The molecule has 0 heterocycles. The first-order valence-electron chi connectivity index (χ1n) is 38.8. The van der Waals surface area contributed by atoms with Gasteiger partial charge in [0.15, 0.2) is 12.2 Å². The molecule has 552 valence electrons. The van der Waals surface area contributed by atoms with E-state index in [4.69, 9.17) is 37.0 Å². The molecule has 0 aromatic carbocycles. The number of ether oxygens (including phenoxy) is 4. The maximum absolute atomic E-state index is 13.1. The second-order valence-electron chi connectivity index (χ2n) is 26.7. The van der Waals surface area contributed by atoms with Crippen LogP contribution in [0.2, 0.25) is 0 Å². The molecule has 0 aliphatic rings. The first-order valence-corrected chi connectivity index (χ1v) is 41.8. The van der Waals surface area contributed by atoms with Gasteiger partial charge in [0.05, 0.1) is 26.4 Å². The molecule has 0 amide bonds. The van der Waals surface area contributed by atoms with Gasteiger partial charge in [0, 0.05) is 25.7 Å². The molecule has 5 atom stereocenters. The van der Waals surface area contributed by atoms with Crippen LogP contribution in [-0.4, -0.2) is 96.7 Å². The third kappa shape index (κ3) is 68.4. The summed E-state index contributed by atoms with van der Waals surface area (Å²) in [6.07, 6.45) is 58.8. The van der Waals surface area contributed by atoms with Crippen LogP contribution in [0.25, 0.3) is 0 Å². The number of aliphatic hydroxyl groups is 1. The number of carbonyl (C=O) groups is 4. The van der Waals surface area contributed by atoms with Crippen LogP contribution in [-0.2, 0) is 65.4 Å². The SMILES string of the molecule is CCCCCCCCCCCCCCCCCCCCCCCCC(=O)O[C@H](COC(=O)CCCCCCCCCCCCCCCCCCC)COP(=O)(O)OC[C@@H](O)COP(=O)(O)OC[C@@H](COC(=O)CCCCCCCCC)OC(=O)CCCCCCCCC. The number of phosphoric acid groups is 2. The predicted molar refractivity (Wildman–Crippen MR) is 377 cm³/mol. The lowest BCUT2D eigenvalue weighted by atomic mass is 10.0. The average molecular weight is 1370 g/mol. The zero-order valence-electron chi connectivity index (χ0n) is 60.2. The van der Waals surface area contributed by atoms with E-state index in [1.807, 2.05) is 0 Å². The molecule has 0 saturated carbocycles. The van der Waals surface area contributed by atoms with E-state index in [-0.39, 0.29) is 25.7 Å². The molecule has 0 saturated heterocycles. The third-order valence-corrected chi connectivity index (χ3v) is 19.3. The van der Waals surface area contributed by atoms with Crippen LogP contribution in [0.15, 0.2) is 0 Å². The molecule has 93 heavy (non-hydrogen) atoms. The monoisotopic (exact) mass is 1370 g/mol. The van der Waals surface area contributed by atoms with Crippen LogP contribution in [0.3, 0.4) is 0 Å². The van der Waals surface area contributed by atoms with Crippen molar-refractivity contribution in [2.24, 2.45) is 0 Å². The molecule has 0 radical (unpaired) electrons. The van der Waals surface area contributed by atoms with Gasteiger partial charge in [-0.25, -0.2) is 9.13 Å². The fourth-order valence-electron chi connectivity index (χ4n) is 11.4. The van der Waals surface area contributed by atoms with E-state index in [2.05, 4.69) is 27.7 Å². The molecule has 3 N–H and O–H groups in total. The summed E-state index contributed by atoms with van der Waals surface area (Å²) in [5.74, 6) is -2.13. The number of esters is 4. The van der Waals surface area contributed by atoms with Gasteiger partial charge in [-0.2, -0.15) is 0 Å². The van der Waals surface area contributed by atoms with Gasteiger partial charge in [-0.3, -0.25) is 37.3 Å². The van der Waals surface area contributed by atoms with Crippen molar-refractivity contribution < 1.29 is 80.2 Å². The molecule has 2 unspecified atom stereocenters. The van der Waals surface area contributed by atoms with Crippen molar-refractivity contribution >= 4 is 39.5 Å². The Balaban J connectivity index is 5.09. The molecule has 0 rings (SSSR count). The molecular weight excluding hydrogens is 1220 g/mol. The molecular formula is C74H144O17P2. The van der Waals surface area contributed by atoms with Crippen LogP contribution in [0.4, 0.5) is 0 Å². The number of unbranched alkanes of at least 4 members (excludes halogenated alkanes) is 49. The average Bonchev–Trinajstić information content (AvgIpc) is 2.60. The van der Waals surface area contributed by atoms with Crippen molar-refractivity contribution in [1.29, 1.82) is 0 Å². The number of rotatable bonds is 75. The summed E-state index contributed by atoms with van der Waals surface area (Å²) in [5, 5.41) is 10.6. The Morgan fingerprint density at radius 3 is 0.634 bits per heavy atom. The zero-order valence-corrected chi connectivity index (χ0v) is 62.0. The molecule has 0 fully saturated rings. The van der Waals surface area contributed by atoms with E-state index in [0.717, 1.165) is 116 Å². The fraction of sp³-hybridized carbons (Fsp3) is 0.946. The minimum atomic E-state index is -4.95. The fourth-order valence-corrected chi connectivity index (χ4v) is 13.0. The van der Waals surface area contributed by atoms with Gasteiger partial charge in [0.1, 0.15) is 19.3 Å². The van der Waals surface area contributed by atoms with Crippen LogP contribution < -0.4 is 0 Å². The van der Waals surface area contributed by atoms with Crippen molar-refractivity contribution in [1.82, 2.24) is 0 Å². The van der Waals surface area contributed by atoms with E-state index < -0.39 is 97.5 Å². The van der Waals surface area contributed by atoms with E-state index in [9.17, 15) is 43.2 Å². The van der Waals surface area contributed by atoms with E-state index in [1.165, 1.54) is 199 Å². The van der Waals surface area contributed by atoms with E-state index >= 15 is 0 Å². The summed E-state index contributed by atoms with van der Waals surface area (Å²) in [6.45, 7) is 4.88. The second kappa shape index (κ2) is 68.6. The number of aliphatic hydroxyl groups excluding tert-OH is 1. The standard InChI is InChI=1S/C74H144O17P2/c1-5-9-13-17-21-23-25-27-29-31-32-33-34-35-37-39-41-43-45-49-53-57-61-74(79)91-70(65-85-72(77)59-55-51-48-44-42-40-38-36-30-28-26-24-22-18-14-10-6-2)67-89-93(82,83)87-63-68(75)62-86-92(80,81)88-66-69(90-73(78)60-56-52-47-20-16-12-8-4)64-84-71(76)58-54-50-46-19-15-11-7-3/h68-70,75H,5-67H2,1-4H3,(H,80,81)(H,82,83)/t68-,69+,70+/m0/s1. The Labute approximate surface area is 568 Å². The Hall–Kier alpha value is -1.94. The van der Waals surface area contributed by atoms with Gasteiger partial charge in [0.25, 0.3) is 0 Å². The highest BCUT2D eigenvalue weighted by atomic mass is 31.2. The maximum atomic E-state index is 13.1. The number of hydrogen-bond acceptors (Lipinski definition) is 15. The van der Waals surface area contributed by atoms with E-state index in [1.54, 1.807) is 0 Å². The summed E-state index contributed by atoms with van der Waals surface area (Å²) in [6, 6.07) is 0. The minimum absolute atomic E-state index is 0.104. The van der Waals surface area contributed by atoms with Crippen molar-refractivity contribution in [2.45, 2.75) is 412 Å². The highest BCUT2D eigenvalue weighted by Gasteiger charge is 2.30. The van der Waals surface area contributed by atoms with Crippen LogP contribution >= 0.6 is 15.6 Å². The smallest absolute Gasteiger partial charge is 0.462 e. The Morgan fingerprint density at radius 2 is 0.430 bits per heavy atom. The summed E-state index contributed by atoms with van der Waals surface area (Å²) >= 11 is 0. The summed E-state index contributed by atoms with van der Waals surface area (Å²) < 4.78 is 68.2. The lowest BCUT2D eigenvalue weighted by Crippen LogP contribution is -2.30. The first-order chi connectivity index (χ1) is 45.2. The zero-order chi connectivity index (χ0) is 68.2. The Kier molecular flexibility index (Phi) is 67.1. The molecule has 0 aromatic heterocycles. The third-order valence-electron chi connectivity index (χ3n) is 17.4. The normalized spacial score (nSPS) is 13.9. The molecule has 0 aromatic rings. The van der Waals surface area contributed by atoms with Crippen LogP contribution in [0.1, 0.15) is 394 Å². The van der Waals surface area contributed by atoms with Gasteiger partial charge < -0.3 is 33.8 Å². The van der Waals surface area contributed by atoms with Gasteiger partial charge in [-0.1, -0.05) is 342 Å². The molecule has 0 spiro atoms. The van der Waals surface area contributed by atoms with Crippen molar-refractivity contribution in [2.75, 3.05) is 39.6 Å². The van der Waals surface area contributed by atoms with Crippen molar-refractivity contribution in [3.05, 3.63) is 0 Å². The molecule has 0 aliphatic carbocycles. The van der Waals surface area contributed by atoms with Gasteiger partial charge in [0.2, 0.25) is 0 Å². The molecule has 17 nitrogen and oxygen atoms in total. The van der Waals surface area contributed by atoms with Gasteiger partial charge in [-0.05, 0) is 25.7 Å². The van der Waals surface area contributed by atoms with Gasteiger partial charge >= 0.3 is 39.5 Å². The number of carbonyl (C=O) groups excluding carboxylic acids is 4. The number of phosphoric ester groups is 2. The molecule has 0 aliphatic heterocycles. The maximum Gasteiger partial charge on any atom is 0.472 e. The van der Waals surface area contributed by atoms with E-state index in [0.29, 0.717) is 25.7 Å². The van der Waals surface area contributed by atoms with Gasteiger partial charge in [-0.15, -0.1) is 0 Å². The summed E-state index contributed by atoms with van der Waals surface area (Å²) in [5.41, 5.74) is 0. The predicted octanol–water partition coefficient (Wildman–Crippen LogP) is 21.8. The lowest BCUT2D eigenvalue weighted by molar-refractivity contribution is -0.161. The van der Waals surface area contributed by atoms with Crippen LogP contribution in [0, 0.1) is 0 Å². The Morgan fingerprint density at radius 1 is 0.258 bits per heavy atom. The van der Waals surface area contributed by atoms with Crippen LogP contribution in [0.5, 0.6) is 0 Å². The lowest BCUT2D eigenvalue weighted by Gasteiger charge is -2.21. The highest BCUT2D eigenvalue weighted by Crippen LogP contribution is 2.45. The second-order valence-corrected chi connectivity index (χ2v) is 29.6. The molecule has 19 heteroatoms. The van der Waals surface area contributed by atoms with Crippen molar-refractivity contribution in [3.8, 4) is 0 Å². The minimum Gasteiger partial charge on any atom is -0.462 e. The number of hydrogen-bond donors (Lipinski definition) is 3. The van der Waals surface area contributed by atoms with Crippen molar-refractivity contribution in [3.63, 3.8) is 0 Å². The highest BCUT2D eigenvalue weighted by molar-refractivity contribution is 7.47. The quantitative estimate of drug-likeness (QED) is 0.0222.